The summed E-state index contributed by atoms with van der Waals surface area (Å²) in [6.07, 6.45) is 0.833. The van der Waals surface area contributed by atoms with Crippen molar-refractivity contribution >= 4 is 28.6 Å². The number of amides is 1. The lowest BCUT2D eigenvalue weighted by molar-refractivity contribution is 0.0746. The molecule has 0 aliphatic carbocycles. The number of hydrogen-bond donors (Lipinski definition) is 1. The van der Waals surface area contributed by atoms with Crippen LogP contribution in [0.25, 0.3) is 10.9 Å². The lowest BCUT2D eigenvalue weighted by Crippen LogP contribution is -2.49. The second-order valence-corrected chi connectivity index (χ2v) is 9.02. The van der Waals surface area contributed by atoms with E-state index in [1.807, 2.05) is 52.3 Å². The number of nitrogens with zero attached hydrogens (tertiary/aromatic N) is 4. The molecule has 1 aromatic heterocycles. The normalized spacial score (nSPS) is 13.1. The van der Waals surface area contributed by atoms with Gasteiger partial charge in [-0.05, 0) is 35.9 Å². The number of anilines is 2. The van der Waals surface area contributed by atoms with E-state index in [2.05, 4.69) is 17.1 Å². The van der Waals surface area contributed by atoms with Crippen molar-refractivity contribution < 1.29 is 24.5 Å². The third kappa shape index (κ3) is 6.12. The summed E-state index contributed by atoms with van der Waals surface area (Å²) in [6.45, 7) is 2.90. The van der Waals surface area contributed by atoms with Gasteiger partial charge < -0.3 is 35.2 Å². The second-order valence-electron chi connectivity index (χ2n) is 9.02. The highest BCUT2D eigenvalue weighted by Crippen LogP contribution is 2.34. The van der Waals surface area contributed by atoms with Crippen LogP contribution in [-0.4, -0.2) is 73.3 Å². The van der Waals surface area contributed by atoms with Gasteiger partial charge in [-0.1, -0.05) is 30.3 Å². The Balaban J connectivity index is 0.00000353. The molecule has 1 aliphatic heterocycles. The number of benzene rings is 3. The first-order valence-electron chi connectivity index (χ1n) is 12.6. The number of carbonyl (C=O) groups is 1. The Morgan fingerprint density at radius 3 is 2.23 bits per heavy atom. The first kappa shape index (κ1) is 27.5. The zero-order valence-electron chi connectivity index (χ0n) is 22.1. The average molecular weight is 532 g/mol. The first-order valence-corrected chi connectivity index (χ1v) is 12.6. The van der Waals surface area contributed by atoms with E-state index < -0.39 is 0 Å². The van der Waals surface area contributed by atoms with E-state index in [9.17, 15) is 4.79 Å². The van der Waals surface area contributed by atoms with Gasteiger partial charge in [-0.25, -0.2) is 4.98 Å². The highest BCUT2D eigenvalue weighted by molar-refractivity contribution is 5.94. The van der Waals surface area contributed by atoms with Crippen LogP contribution in [0.5, 0.6) is 17.2 Å². The van der Waals surface area contributed by atoms with Crippen molar-refractivity contribution in [2.45, 2.75) is 6.42 Å². The maximum absolute atomic E-state index is 13.1. The molecule has 10 heteroatoms. The van der Waals surface area contributed by atoms with E-state index in [-0.39, 0.29) is 11.4 Å². The molecule has 0 radical (unpaired) electrons. The van der Waals surface area contributed by atoms with Crippen LogP contribution in [0.2, 0.25) is 0 Å². The predicted molar refractivity (Wildman–Crippen MR) is 151 cm³/mol. The molecule has 0 saturated carbocycles. The van der Waals surface area contributed by atoms with E-state index >= 15 is 0 Å². The molecule has 1 aliphatic rings. The Labute approximate surface area is 227 Å². The third-order valence-electron chi connectivity index (χ3n) is 6.67. The Morgan fingerprint density at radius 1 is 0.897 bits per heavy atom. The van der Waals surface area contributed by atoms with Crippen LogP contribution in [0, 0.1) is 0 Å². The van der Waals surface area contributed by atoms with E-state index in [1.165, 1.54) is 5.56 Å². The summed E-state index contributed by atoms with van der Waals surface area (Å²) in [5.74, 6) is 2.80. The summed E-state index contributed by atoms with van der Waals surface area (Å²) in [4.78, 5) is 26.2. The Bertz CT molecular complexity index is 1410. The molecule has 2 heterocycles. The van der Waals surface area contributed by atoms with Gasteiger partial charge in [0, 0.05) is 49.6 Å². The molecule has 10 nitrogen and oxygen atoms in total. The number of methoxy groups -OCH3 is 2. The van der Waals surface area contributed by atoms with Gasteiger partial charge in [-0.2, -0.15) is 4.98 Å². The molecule has 1 amide bonds. The molecule has 4 aromatic rings. The zero-order chi connectivity index (χ0) is 26.5. The smallest absolute Gasteiger partial charge is 0.253 e. The molecule has 39 heavy (non-hydrogen) atoms. The van der Waals surface area contributed by atoms with Gasteiger partial charge in [0.1, 0.15) is 11.6 Å². The van der Waals surface area contributed by atoms with Crippen LogP contribution in [0.1, 0.15) is 15.9 Å². The van der Waals surface area contributed by atoms with Gasteiger partial charge in [-0.3, -0.25) is 4.79 Å². The van der Waals surface area contributed by atoms with Crippen molar-refractivity contribution in [2.75, 3.05) is 57.6 Å². The van der Waals surface area contributed by atoms with Crippen LogP contribution >= 0.6 is 0 Å². The summed E-state index contributed by atoms with van der Waals surface area (Å²) in [5.41, 5.74) is 8.80. The predicted octanol–water partition coefficient (Wildman–Crippen LogP) is 2.99. The van der Waals surface area contributed by atoms with Gasteiger partial charge in [0.15, 0.2) is 11.5 Å². The van der Waals surface area contributed by atoms with Gasteiger partial charge in [0.2, 0.25) is 5.95 Å². The molecule has 3 aromatic carbocycles. The highest BCUT2D eigenvalue weighted by Gasteiger charge is 2.24. The molecule has 1 fully saturated rings. The molecule has 0 unspecified atom stereocenters. The largest absolute Gasteiger partial charge is 0.493 e. The third-order valence-corrected chi connectivity index (χ3v) is 6.67. The number of piperazine rings is 1. The SMILES string of the molecule is COc1cc2nc(N3CCN(C(=O)c4ccc(OCCc5ccccc5)cc4)CC3)nc(N)c2cc1OC.O. The van der Waals surface area contributed by atoms with Crippen molar-refractivity contribution in [2.24, 2.45) is 0 Å². The summed E-state index contributed by atoms with van der Waals surface area (Å²) < 4.78 is 16.6. The summed E-state index contributed by atoms with van der Waals surface area (Å²) >= 11 is 0. The van der Waals surface area contributed by atoms with E-state index in [4.69, 9.17) is 24.9 Å². The summed E-state index contributed by atoms with van der Waals surface area (Å²) in [7, 11) is 3.16. The number of hydrogen-bond acceptors (Lipinski definition) is 8. The number of fused-ring (bicyclic) bond motifs is 1. The lowest BCUT2D eigenvalue weighted by atomic mass is 10.1. The highest BCUT2D eigenvalue weighted by atomic mass is 16.5. The first-order chi connectivity index (χ1) is 18.6. The molecule has 0 spiro atoms. The van der Waals surface area contributed by atoms with Crippen molar-refractivity contribution in [3.05, 3.63) is 77.9 Å². The molecule has 4 N–H and O–H groups in total. The molecular formula is C29H33N5O5. The number of aromatic nitrogens is 2. The van der Waals surface area contributed by atoms with Gasteiger partial charge in [0.25, 0.3) is 5.91 Å². The quantitative estimate of drug-likeness (QED) is 0.367. The van der Waals surface area contributed by atoms with Crippen LogP contribution < -0.4 is 24.8 Å². The standard InChI is InChI=1S/C29H31N5O4.H2O/c1-36-25-18-23-24(19-26(25)37-2)31-29(32-27(23)30)34-15-13-33(14-16-34)28(35)21-8-10-22(11-9-21)38-17-12-20-6-4-3-5-7-20;/h3-11,18-19H,12-17H2,1-2H3,(H2,30,31,32);1H2. The number of carbonyl (C=O) groups excluding carboxylic acids is 1. The monoisotopic (exact) mass is 531 g/mol. The fourth-order valence-corrected chi connectivity index (χ4v) is 4.53. The van der Waals surface area contributed by atoms with Crippen LogP contribution in [-0.2, 0) is 6.42 Å². The van der Waals surface area contributed by atoms with Gasteiger partial charge in [0.05, 0.1) is 26.3 Å². The minimum absolute atomic E-state index is 0. The van der Waals surface area contributed by atoms with Crippen molar-refractivity contribution in [1.29, 1.82) is 0 Å². The Hall–Kier alpha value is -4.57. The van der Waals surface area contributed by atoms with Crippen molar-refractivity contribution in [1.82, 2.24) is 14.9 Å². The Morgan fingerprint density at radius 2 is 1.56 bits per heavy atom. The van der Waals surface area contributed by atoms with Crippen LogP contribution in [0.3, 0.4) is 0 Å². The Kier molecular flexibility index (Phi) is 8.67. The average Bonchev–Trinajstić information content (AvgIpc) is 2.97. The number of nitrogen functional groups attached to an aromatic ring is 1. The molecule has 1 saturated heterocycles. The number of rotatable bonds is 8. The minimum Gasteiger partial charge on any atom is -0.493 e. The van der Waals surface area contributed by atoms with Crippen LogP contribution in [0.15, 0.2) is 66.7 Å². The topological polar surface area (TPSA) is 135 Å². The molecule has 0 atom stereocenters. The zero-order valence-corrected chi connectivity index (χ0v) is 22.1. The summed E-state index contributed by atoms with van der Waals surface area (Å²) in [6, 6.07) is 21.1. The number of nitrogens with two attached hydrogens (primary N) is 1. The maximum Gasteiger partial charge on any atom is 0.253 e. The molecular weight excluding hydrogens is 498 g/mol. The van der Waals surface area contributed by atoms with Crippen LogP contribution in [0.4, 0.5) is 11.8 Å². The van der Waals surface area contributed by atoms with E-state index in [1.54, 1.807) is 26.4 Å². The molecule has 0 bridgehead atoms. The summed E-state index contributed by atoms with van der Waals surface area (Å²) in [5, 5.41) is 0.702. The van der Waals surface area contributed by atoms with Gasteiger partial charge >= 0.3 is 0 Å². The molecule has 5 rings (SSSR count). The van der Waals surface area contributed by atoms with E-state index in [0.717, 1.165) is 12.2 Å². The fraction of sp³-hybridized carbons (Fsp3) is 0.276. The van der Waals surface area contributed by atoms with Crippen molar-refractivity contribution in [3.8, 4) is 17.2 Å². The van der Waals surface area contributed by atoms with E-state index in [0.29, 0.717) is 72.5 Å². The minimum atomic E-state index is -0.00346. The van der Waals surface area contributed by atoms with Gasteiger partial charge in [-0.15, -0.1) is 0 Å². The van der Waals surface area contributed by atoms with Crippen molar-refractivity contribution in [3.63, 3.8) is 0 Å². The second kappa shape index (κ2) is 12.3. The molecule has 204 valence electrons. The fourth-order valence-electron chi connectivity index (χ4n) is 4.53. The number of ether oxygens (including phenoxy) is 3. The maximum atomic E-state index is 13.1. The lowest BCUT2D eigenvalue weighted by Gasteiger charge is -2.35.